The van der Waals surface area contributed by atoms with Crippen LogP contribution in [0, 0.1) is 0 Å². The maximum Gasteiger partial charge on any atom is 0.307 e. The van der Waals surface area contributed by atoms with Crippen LogP contribution < -0.4 is 10.1 Å². The van der Waals surface area contributed by atoms with Crippen LogP contribution in [0.3, 0.4) is 0 Å². The van der Waals surface area contributed by atoms with E-state index in [1.165, 1.54) is 6.08 Å². The van der Waals surface area contributed by atoms with Crippen molar-refractivity contribution in [3.63, 3.8) is 0 Å². The van der Waals surface area contributed by atoms with Crippen molar-refractivity contribution < 1.29 is 19.1 Å². The first kappa shape index (κ1) is 20.2. The summed E-state index contributed by atoms with van der Waals surface area (Å²) in [5.74, 6) is 0.151. The Labute approximate surface area is 160 Å². The molecule has 0 saturated carbocycles. The van der Waals surface area contributed by atoms with Crippen LogP contribution in [0.25, 0.3) is 6.08 Å². The molecule has 1 N–H and O–H groups in total. The fourth-order valence-corrected chi connectivity index (χ4v) is 2.29. The maximum absolute atomic E-state index is 11.8. The molecule has 0 bridgehead atoms. The molecule has 5 nitrogen and oxygen atoms in total. The molecule has 0 fully saturated rings. The van der Waals surface area contributed by atoms with Gasteiger partial charge in [-0.15, -0.1) is 0 Å². The molecule has 0 aliphatic rings. The average Bonchev–Trinajstić information content (AvgIpc) is 2.65. The van der Waals surface area contributed by atoms with E-state index in [-0.39, 0.29) is 30.9 Å². The quantitative estimate of drug-likeness (QED) is 0.542. The Bertz CT molecular complexity index is 769. The fraction of sp³-hybridized carbons (Fsp3) is 0.273. The van der Waals surface area contributed by atoms with Gasteiger partial charge in [-0.3, -0.25) is 9.59 Å². The molecule has 5 heteroatoms. The van der Waals surface area contributed by atoms with Gasteiger partial charge in [-0.1, -0.05) is 42.5 Å². The topological polar surface area (TPSA) is 64.6 Å². The second-order valence-electron chi connectivity index (χ2n) is 6.26. The number of amides is 1. The van der Waals surface area contributed by atoms with Crippen LogP contribution >= 0.6 is 0 Å². The van der Waals surface area contributed by atoms with E-state index in [4.69, 9.17) is 9.47 Å². The van der Waals surface area contributed by atoms with Crippen LogP contribution in [0.1, 0.15) is 31.4 Å². The van der Waals surface area contributed by atoms with Gasteiger partial charge in [0.25, 0.3) is 0 Å². The lowest BCUT2D eigenvalue weighted by atomic mass is 10.2. The molecule has 0 aromatic heterocycles. The van der Waals surface area contributed by atoms with E-state index in [0.29, 0.717) is 6.61 Å². The number of benzene rings is 2. The molecule has 0 atom stereocenters. The molecule has 0 aliphatic heterocycles. The standard InChI is InChI=1S/C22H25NO4/c1-17(2)27-22(25)13-14-23-21(24)12-11-18-9-6-10-20(15-18)26-16-19-7-4-3-5-8-19/h3-12,15,17H,13-14,16H2,1-2H3,(H,23,24)/b12-11+. The first-order valence-electron chi connectivity index (χ1n) is 8.95. The van der Waals surface area contributed by atoms with Crippen molar-refractivity contribution in [3.8, 4) is 5.75 Å². The highest BCUT2D eigenvalue weighted by Crippen LogP contribution is 2.16. The summed E-state index contributed by atoms with van der Waals surface area (Å²) in [4.78, 5) is 23.2. The molecule has 1 amide bonds. The van der Waals surface area contributed by atoms with Gasteiger partial charge in [-0.05, 0) is 43.2 Å². The molecule has 0 unspecified atom stereocenters. The fourth-order valence-electron chi connectivity index (χ4n) is 2.29. The van der Waals surface area contributed by atoms with Crippen LogP contribution in [0.4, 0.5) is 0 Å². The predicted molar refractivity (Wildman–Crippen MR) is 105 cm³/mol. The predicted octanol–water partition coefficient (Wildman–Crippen LogP) is 3.74. The Kier molecular flexibility index (Phi) is 8.10. The lowest BCUT2D eigenvalue weighted by Gasteiger charge is -2.08. The second-order valence-corrected chi connectivity index (χ2v) is 6.26. The highest BCUT2D eigenvalue weighted by molar-refractivity contribution is 5.91. The number of hydrogen-bond donors (Lipinski definition) is 1. The van der Waals surface area contributed by atoms with E-state index in [1.54, 1.807) is 19.9 Å². The first-order valence-corrected chi connectivity index (χ1v) is 8.95. The van der Waals surface area contributed by atoms with Crippen LogP contribution in [0.2, 0.25) is 0 Å². The van der Waals surface area contributed by atoms with Gasteiger partial charge in [0.15, 0.2) is 0 Å². The van der Waals surface area contributed by atoms with E-state index < -0.39 is 0 Å². The third kappa shape index (κ3) is 8.23. The molecule has 2 aromatic carbocycles. The van der Waals surface area contributed by atoms with Crippen LogP contribution in [0.15, 0.2) is 60.7 Å². The largest absolute Gasteiger partial charge is 0.489 e. The van der Waals surface area contributed by atoms with E-state index >= 15 is 0 Å². The van der Waals surface area contributed by atoms with Crippen LogP contribution in [-0.2, 0) is 20.9 Å². The Morgan fingerprint density at radius 3 is 2.59 bits per heavy atom. The highest BCUT2D eigenvalue weighted by Gasteiger charge is 2.05. The molecule has 0 spiro atoms. The second kappa shape index (κ2) is 10.8. The van der Waals surface area contributed by atoms with Crippen molar-refractivity contribution in [3.05, 3.63) is 71.8 Å². The van der Waals surface area contributed by atoms with Crippen molar-refractivity contribution in [2.45, 2.75) is 33.0 Å². The summed E-state index contributed by atoms with van der Waals surface area (Å²) in [5.41, 5.74) is 1.95. The van der Waals surface area contributed by atoms with Gasteiger partial charge >= 0.3 is 5.97 Å². The normalized spacial score (nSPS) is 10.8. The van der Waals surface area contributed by atoms with Crippen molar-refractivity contribution >= 4 is 18.0 Å². The smallest absolute Gasteiger partial charge is 0.307 e. The molecule has 142 valence electrons. The Hall–Kier alpha value is -3.08. The summed E-state index contributed by atoms with van der Waals surface area (Å²) >= 11 is 0. The number of rotatable bonds is 9. The molecular formula is C22H25NO4. The van der Waals surface area contributed by atoms with Crippen molar-refractivity contribution in [1.82, 2.24) is 5.32 Å². The zero-order valence-corrected chi connectivity index (χ0v) is 15.7. The van der Waals surface area contributed by atoms with Crippen molar-refractivity contribution in [2.24, 2.45) is 0 Å². The third-order valence-electron chi connectivity index (χ3n) is 3.53. The van der Waals surface area contributed by atoms with E-state index in [1.807, 2.05) is 54.6 Å². The van der Waals surface area contributed by atoms with Gasteiger partial charge in [0, 0.05) is 12.6 Å². The maximum atomic E-state index is 11.8. The Morgan fingerprint density at radius 2 is 1.85 bits per heavy atom. The van der Waals surface area contributed by atoms with Crippen LogP contribution in [0.5, 0.6) is 5.75 Å². The van der Waals surface area contributed by atoms with Crippen molar-refractivity contribution in [2.75, 3.05) is 6.54 Å². The molecule has 27 heavy (non-hydrogen) atoms. The van der Waals surface area contributed by atoms with Gasteiger partial charge in [0.05, 0.1) is 12.5 Å². The highest BCUT2D eigenvalue weighted by atomic mass is 16.5. The molecule has 0 saturated heterocycles. The van der Waals surface area contributed by atoms with Crippen molar-refractivity contribution in [1.29, 1.82) is 0 Å². The average molecular weight is 367 g/mol. The zero-order valence-electron chi connectivity index (χ0n) is 15.7. The lowest BCUT2D eigenvalue weighted by Crippen LogP contribution is -2.25. The Morgan fingerprint density at radius 1 is 1.07 bits per heavy atom. The molecular weight excluding hydrogens is 342 g/mol. The first-order chi connectivity index (χ1) is 13.0. The van der Waals surface area contributed by atoms with Gasteiger partial charge in [-0.25, -0.2) is 0 Å². The number of carbonyl (C=O) groups is 2. The summed E-state index contributed by atoms with van der Waals surface area (Å²) in [6, 6.07) is 17.4. The van der Waals surface area contributed by atoms with Gasteiger partial charge in [0.1, 0.15) is 12.4 Å². The Balaban J connectivity index is 1.78. The minimum absolute atomic E-state index is 0.149. The number of carbonyl (C=O) groups excluding carboxylic acids is 2. The summed E-state index contributed by atoms with van der Waals surface area (Å²) < 4.78 is 10.8. The van der Waals surface area contributed by atoms with Gasteiger partial charge in [-0.2, -0.15) is 0 Å². The number of hydrogen-bond acceptors (Lipinski definition) is 4. The van der Waals surface area contributed by atoms with E-state index in [9.17, 15) is 9.59 Å². The third-order valence-corrected chi connectivity index (χ3v) is 3.53. The lowest BCUT2D eigenvalue weighted by molar-refractivity contribution is -0.147. The van der Waals surface area contributed by atoms with Gasteiger partial charge in [0.2, 0.25) is 5.91 Å². The summed E-state index contributed by atoms with van der Waals surface area (Å²) in [6.07, 6.45) is 3.14. The molecule has 2 aromatic rings. The number of nitrogens with one attached hydrogen (secondary N) is 1. The number of ether oxygens (including phenoxy) is 2. The van der Waals surface area contributed by atoms with Crippen LogP contribution in [-0.4, -0.2) is 24.5 Å². The molecule has 0 radical (unpaired) electrons. The van der Waals surface area contributed by atoms with E-state index in [0.717, 1.165) is 16.9 Å². The van der Waals surface area contributed by atoms with Gasteiger partial charge < -0.3 is 14.8 Å². The molecule has 0 heterocycles. The monoisotopic (exact) mass is 367 g/mol. The van der Waals surface area contributed by atoms with E-state index in [2.05, 4.69) is 5.32 Å². The summed E-state index contributed by atoms with van der Waals surface area (Å²) in [5, 5.41) is 2.66. The minimum atomic E-state index is -0.322. The molecule has 0 aliphatic carbocycles. The molecule has 2 rings (SSSR count). The minimum Gasteiger partial charge on any atom is -0.489 e. The number of esters is 1. The SMILES string of the molecule is CC(C)OC(=O)CCNC(=O)/C=C/c1cccc(OCc2ccccc2)c1. The summed E-state index contributed by atoms with van der Waals surface area (Å²) in [7, 11) is 0. The zero-order chi connectivity index (χ0) is 19.5. The summed E-state index contributed by atoms with van der Waals surface area (Å²) in [6.45, 7) is 4.31.